The number of hydrogen-bond donors (Lipinski definition) is 0. The van der Waals surface area contributed by atoms with Gasteiger partial charge in [-0.15, -0.1) is 0 Å². The summed E-state index contributed by atoms with van der Waals surface area (Å²) in [4.78, 5) is 19.1. The Balaban J connectivity index is 1.13. The van der Waals surface area contributed by atoms with Gasteiger partial charge in [-0.3, -0.25) is 4.98 Å². The average Bonchev–Trinajstić information content (AvgIpc) is 3.46. The third-order valence-electron chi connectivity index (χ3n) is 10.2. The van der Waals surface area contributed by atoms with Gasteiger partial charge >= 0.3 is 0 Å². The Morgan fingerprint density at radius 3 is 1.47 bits per heavy atom. The molecule has 6 aromatic carbocycles. The van der Waals surface area contributed by atoms with E-state index >= 15 is 0 Å². The molecule has 0 spiro atoms. The first-order valence-electron chi connectivity index (χ1n) is 17.7. The van der Waals surface area contributed by atoms with E-state index < -0.39 is 0 Å². The van der Waals surface area contributed by atoms with Gasteiger partial charge in [0.2, 0.25) is 0 Å². The summed E-state index contributed by atoms with van der Waals surface area (Å²) in [7, 11) is 0. The monoisotopic (exact) mass is 679 g/mol. The van der Waals surface area contributed by atoms with Crippen molar-refractivity contribution in [3.63, 3.8) is 0 Å². The average molecular weight is 680 g/mol. The zero-order chi connectivity index (χ0) is 35.9. The summed E-state index contributed by atoms with van der Waals surface area (Å²) in [5.41, 5.74) is 14.7. The Labute approximate surface area is 309 Å². The number of pyridine rings is 1. The summed E-state index contributed by atoms with van der Waals surface area (Å²) >= 11 is 0. The fourth-order valence-electron chi connectivity index (χ4n) is 7.40. The Morgan fingerprint density at radius 2 is 0.906 bits per heavy atom. The Bertz CT molecular complexity index is 2620. The first kappa shape index (κ1) is 31.9. The van der Waals surface area contributed by atoms with Gasteiger partial charge in [0.15, 0.2) is 17.5 Å². The summed E-state index contributed by atoms with van der Waals surface area (Å²) in [5.74, 6) is 1.90. The van der Waals surface area contributed by atoms with Crippen LogP contribution in [-0.4, -0.2) is 19.9 Å². The van der Waals surface area contributed by atoms with Crippen LogP contribution in [0.5, 0.6) is 0 Å². The molecule has 0 aliphatic heterocycles. The molecule has 0 amide bonds. The van der Waals surface area contributed by atoms with Crippen molar-refractivity contribution >= 4 is 0 Å². The minimum Gasteiger partial charge on any atom is -0.264 e. The van der Waals surface area contributed by atoms with Crippen LogP contribution in [0.15, 0.2) is 164 Å². The first-order valence-corrected chi connectivity index (χ1v) is 17.7. The lowest BCUT2D eigenvalue weighted by atomic mass is 9.81. The molecule has 1 aliphatic carbocycles. The summed E-state index contributed by atoms with van der Waals surface area (Å²) in [6.45, 7) is 4.50. The quantitative estimate of drug-likeness (QED) is 0.175. The van der Waals surface area contributed by atoms with Crippen LogP contribution in [-0.2, 0) is 5.41 Å². The molecule has 0 radical (unpaired) electrons. The molecule has 5 nitrogen and oxygen atoms in total. The van der Waals surface area contributed by atoms with Crippen LogP contribution in [0.2, 0.25) is 0 Å². The van der Waals surface area contributed by atoms with E-state index in [9.17, 15) is 5.26 Å². The topological polar surface area (TPSA) is 75.3 Å². The molecule has 2 aromatic heterocycles. The largest absolute Gasteiger partial charge is 0.264 e. The van der Waals surface area contributed by atoms with E-state index in [2.05, 4.69) is 97.7 Å². The number of nitrogens with zero attached hydrogens (tertiary/aromatic N) is 5. The number of rotatable bonds is 6. The van der Waals surface area contributed by atoms with E-state index in [4.69, 9.17) is 15.0 Å². The highest BCUT2D eigenvalue weighted by atomic mass is 15.0. The van der Waals surface area contributed by atoms with Crippen molar-refractivity contribution < 1.29 is 0 Å². The van der Waals surface area contributed by atoms with Crippen molar-refractivity contribution in [2.75, 3.05) is 0 Å². The van der Waals surface area contributed by atoms with E-state index in [0.29, 0.717) is 23.0 Å². The van der Waals surface area contributed by atoms with E-state index in [1.165, 1.54) is 22.3 Å². The van der Waals surface area contributed by atoms with Gasteiger partial charge in [-0.1, -0.05) is 123 Å². The molecule has 0 fully saturated rings. The van der Waals surface area contributed by atoms with Crippen molar-refractivity contribution in [1.29, 1.82) is 5.26 Å². The van der Waals surface area contributed by atoms with E-state index in [-0.39, 0.29) is 5.41 Å². The summed E-state index contributed by atoms with van der Waals surface area (Å²) < 4.78 is 0. The Hall–Kier alpha value is -7.03. The van der Waals surface area contributed by atoms with Gasteiger partial charge in [0.25, 0.3) is 0 Å². The molecule has 9 rings (SSSR count). The van der Waals surface area contributed by atoms with Crippen molar-refractivity contribution in [2.45, 2.75) is 19.3 Å². The molecule has 250 valence electrons. The molecule has 0 bridgehead atoms. The van der Waals surface area contributed by atoms with Crippen molar-refractivity contribution in [3.8, 4) is 84.7 Å². The van der Waals surface area contributed by atoms with Gasteiger partial charge in [0.05, 0.1) is 11.6 Å². The minimum absolute atomic E-state index is 0.233. The summed E-state index contributed by atoms with van der Waals surface area (Å²) in [5, 5.41) is 9.61. The predicted molar refractivity (Wildman–Crippen MR) is 213 cm³/mol. The predicted octanol–water partition coefficient (Wildman–Crippen LogP) is 11.4. The highest BCUT2D eigenvalue weighted by Gasteiger charge is 2.35. The number of hydrogen-bond acceptors (Lipinski definition) is 5. The van der Waals surface area contributed by atoms with Crippen LogP contribution in [0.25, 0.3) is 78.7 Å². The lowest BCUT2D eigenvalue weighted by Crippen LogP contribution is -2.15. The van der Waals surface area contributed by atoms with Crippen LogP contribution < -0.4 is 0 Å². The number of nitriles is 1. The number of aromatic nitrogens is 4. The van der Waals surface area contributed by atoms with Crippen molar-refractivity contribution in [1.82, 2.24) is 19.9 Å². The van der Waals surface area contributed by atoms with Gasteiger partial charge in [0, 0.05) is 40.1 Å². The highest BCUT2D eigenvalue weighted by molar-refractivity contribution is 5.87. The SMILES string of the molecule is CC1(C)c2cc(C#N)ccc2-c2ccc(-c3cc(-c4ccc(-c5nc(-c6ccccc6)nc(-c6ccccc6)n5)cc4)cc(-c4cccnc4)c3)cc21. The second-order valence-electron chi connectivity index (χ2n) is 13.9. The van der Waals surface area contributed by atoms with Gasteiger partial charge in [-0.25, -0.2) is 15.0 Å². The zero-order valence-corrected chi connectivity index (χ0v) is 29.3. The lowest BCUT2D eigenvalue weighted by molar-refractivity contribution is 0.660. The molecule has 53 heavy (non-hydrogen) atoms. The van der Waals surface area contributed by atoms with Crippen molar-refractivity contribution in [2.24, 2.45) is 0 Å². The number of benzene rings is 6. The lowest BCUT2D eigenvalue weighted by Gasteiger charge is -2.22. The molecular formula is C48H33N5. The minimum atomic E-state index is -0.233. The van der Waals surface area contributed by atoms with Crippen molar-refractivity contribution in [3.05, 3.63) is 181 Å². The molecule has 0 saturated carbocycles. The van der Waals surface area contributed by atoms with Crippen LogP contribution in [0.4, 0.5) is 0 Å². The summed E-state index contributed by atoms with van der Waals surface area (Å²) in [6.07, 6.45) is 3.72. The third kappa shape index (κ3) is 5.87. The third-order valence-corrected chi connectivity index (χ3v) is 10.2. The molecule has 0 N–H and O–H groups in total. The first-order chi connectivity index (χ1) is 25.9. The van der Waals surface area contributed by atoms with Crippen LogP contribution >= 0.6 is 0 Å². The van der Waals surface area contributed by atoms with Gasteiger partial charge < -0.3 is 0 Å². The maximum absolute atomic E-state index is 9.61. The normalized spacial score (nSPS) is 12.5. The second kappa shape index (κ2) is 12.9. The Morgan fingerprint density at radius 1 is 0.434 bits per heavy atom. The maximum atomic E-state index is 9.61. The van der Waals surface area contributed by atoms with Crippen LogP contribution in [0.3, 0.4) is 0 Å². The second-order valence-corrected chi connectivity index (χ2v) is 13.9. The fraction of sp³-hybridized carbons (Fsp3) is 0.0625. The van der Waals surface area contributed by atoms with Gasteiger partial charge in [-0.05, 0) is 92.5 Å². The Kier molecular flexibility index (Phi) is 7.79. The molecule has 1 aliphatic rings. The smallest absolute Gasteiger partial charge is 0.164 e. The molecule has 2 heterocycles. The highest BCUT2D eigenvalue weighted by Crippen LogP contribution is 2.50. The molecular weight excluding hydrogens is 647 g/mol. The molecule has 5 heteroatoms. The van der Waals surface area contributed by atoms with Gasteiger partial charge in [-0.2, -0.15) is 5.26 Å². The van der Waals surface area contributed by atoms with Crippen LogP contribution in [0.1, 0.15) is 30.5 Å². The molecule has 0 atom stereocenters. The standard InChI is InChI=1S/C48H33N5/c1-48(2)43-24-31(29-49)15-21-41(43)42-22-20-36(28-44(42)48)39-25-38(26-40(27-39)37-14-9-23-50-30-37)32-16-18-35(19-17-32)47-52-45(33-10-5-3-6-11-33)51-46(53-47)34-12-7-4-8-13-34/h3-28,30H,1-2H3. The number of fused-ring (bicyclic) bond motifs is 3. The van der Waals surface area contributed by atoms with Gasteiger partial charge in [0.1, 0.15) is 0 Å². The maximum Gasteiger partial charge on any atom is 0.164 e. The fourth-order valence-corrected chi connectivity index (χ4v) is 7.40. The molecule has 8 aromatic rings. The van der Waals surface area contributed by atoms with E-state index in [1.54, 1.807) is 6.20 Å². The summed E-state index contributed by atoms with van der Waals surface area (Å²) in [6, 6.07) is 54.5. The molecule has 0 saturated heterocycles. The van der Waals surface area contributed by atoms with E-state index in [1.807, 2.05) is 85.1 Å². The zero-order valence-electron chi connectivity index (χ0n) is 29.3. The van der Waals surface area contributed by atoms with E-state index in [0.717, 1.165) is 50.1 Å². The molecule has 0 unspecified atom stereocenters. The van der Waals surface area contributed by atoms with Crippen LogP contribution in [0, 0.1) is 11.3 Å².